The highest BCUT2D eigenvalue weighted by molar-refractivity contribution is 7.46. The summed E-state index contributed by atoms with van der Waals surface area (Å²) in [4.78, 5) is 37.1. The van der Waals surface area contributed by atoms with Crippen molar-refractivity contribution < 1.29 is 43.8 Å². The maximum Gasteiger partial charge on any atom is 0.469 e. The minimum Gasteiger partial charge on any atom is -0.386 e. The van der Waals surface area contributed by atoms with Crippen molar-refractivity contribution in [3.05, 3.63) is 0 Å². The first-order valence-corrected chi connectivity index (χ1v) is 5.39. The van der Waals surface area contributed by atoms with Gasteiger partial charge in [-0.25, -0.2) is 4.57 Å². The zero-order valence-electron chi connectivity index (χ0n) is 7.83. The highest BCUT2D eigenvalue weighted by Gasteiger charge is 2.42. The van der Waals surface area contributed by atoms with Crippen molar-refractivity contribution in [2.45, 2.75) is 17.8 Å². The minimum absolute atomic E-state index is 0.156. The van der Waals surface area contributed by atoms with Gasteiger partial charge in [0.05, 0.1) is 6.61 Å². The normalized spacial score (nSPS) is 19.6. The summed E-state index contributed by atoms with van der Waals surface area (Å²) in [7, 11) is -4.95. The second-order valence-corrected chi connectivity index (χ2v) is 4.18. The molecular formula is C6H11O9P. The molecule has 0 aromatic rings. The molecule has 94 valence electrons. The lowest BCUT2D eigenvalue weighted by Gasteiger charge is -2.28. The fourth-order valence-electron chi connectivity index (χ4n) is 0.747. The van der Waals surface area contributed by atoms with E-state index in [4.69, 9.17) is 20.0 Å². The number of aliphatic hydroxyl groups is 3. The van der Waals surface area contributed by atoms with Gasteiger partial charge in [0, 0.05) is 0 Å². The van der Waals surface area contributed by atoms with Crippen LogP contribution in [0, 0.1) is 0 Å². The van der Waals surface area contributed by atoms with Crippen LogP contribution in [0.15, 0.2) is 0 Å². The zero-order valence-corrected chi connectivity index (χ0v) is 8.73. The van der Waals surface area contributed by atoms with E-state index >= 15 is 0 Å². The SMILES string of the molecule is O=CC(O)C(O)C(O)(C=O)COP(=O)(O)O. The van der Waals surface area contributed by atoms with Crippen LogP contribution in [0.5, 0.6) is 0 Å². The fourth-order valence-corrected chi connectivity index (χ4v) is 1.12. The highest BCUT2D eigenvalue weighted by atomic mass is 31.2. The molecule has 0 aliphatic heterocycles. The van der Waals surface area contributed by atoms with E-state index in [0.717, 1.165) is 0 Å². The topological polar surface area (TPSA) is 162 Å². The second-order valence-electron chi connectivity index (χ2n) is 2.94. The third-order valence-corrected chi connectivity index (χ3v) is 2.11. The van der Waals surface area contributed by atoms with Crippen LogP contribution in [-0.2, 0) is 18.7 Å². The number of carbonyl (C=O) groups excluding carboxylic acids is 2. The van der Waals surface area contributed by atoms with Gasteiger partial charge in [-0.05, 0) is 0 Å². The number of rotatable bonds is 7. The maximum atomic E-state index is 10.4. The van der Waals surface area contributed by atoms with Gasteiger partial charge in [0.25, 0.3) is 0 Å². The number of phosphoric acid groups is 1. The molecule has 0 aromatic heterocycles. The van der Waals surface area contributed by atoms with E-state index in [1.807, 2.05) is 0 Å². The number of aliphatic hydroxyl groups excluding tert-OH is 2. The van der Waals surface area contributed by atoms with Gasteiger partial charge in [-0.15, -0.1) is 0 Å². The molecule has 0 amide bonds. The number of aldehydes is 2. The third-order valence-electron chi connectivity index (χ3n) is 1.64. The van der Waals surface area contributed by atoms with E-state index in [2.05, 4.69) is 4.52 Å². The predicted octanol–water partition coefficient (Wildman–Crippen LogP) is -3.05. The van der Waals surface area contributed by atoms with Gasteiger partial charge < -0.3 is 29.9 Å². The van der Waals surface area contributed by atoms with Crippen molar-refractivity contribution in [2.24, 2.45) is 0 Å². The number of hydrogen-bond acceptors (Lipinski definition) is 7. The lowest BCUT2D eigenvalue weighted by molar-refractivity contribution is -0.159. The molecule has 16 heavy (non-hydrogen) atoms. The van der Waals surface area contributed by atoms with Gasteiger partial charge in [0.15, 0.2) is 18.2 Å². The van der Waals surface area contributed by atoms with Crippen molar-refractivity contribution in [3.8, 4) is 0 Å². The first-order valence-electron chi connectivity index (χ1n) is 3.86. The van der Waals surface area contributed by atoms with Crippen LogP contribution in [-0.4, -0.2) is 62.1 Å². The Kier molecular flexibility index (Phi) is 5.36. The van der Waals surface area contributed by atoms with Gasteiger partial charge in [0.2, 0.25) is 0 Å². The molecule has 3 unspecified atom stereocenters. The van der Waals surface area contributed by atoms with E-state index < -0.39 is 32.2 Å². The van der Waals surface area contributed by atoms with Crippen molar-refractivity contribution in [1.82, 2.24) is 0 Å². The summed E-state index contributed by atoms with van der Waals surface area (Å²) < 4.78 is 14.1. The van der Waals surface area contributed by atoms with Crippen molar-refractivity contribution in [1.29, 1.82) is 0 Å². The molecule has 3 atom stereocenters. The standard InChI is InChI=1S/C6H11O9P/c7-1-4(9)5(10)6(11,2-8)3-15-16(12,13)14/h1-2,4-5,9-11H,3H2,(H2,12,13,14). The van der Waals surface area contributed by atoms with Crippen molar-refractivity contribution >= 4 is 20.4 Å². The van der Waals surface area contributed by atoms with Gasteiger partial charge in [0.1, 0.15) is 12.2 Å². The van der Waals surface area contributed by atoms with Gasteiger partial charge in [-0.2, -0.15) is 0 Å². The first kappa shape index (κ1) is 15.3. The molecule has 0 bridgehead atoms. The van der Waals surface area contributed by atoms with Crippen LogP contribution in [0.1, 0.15) is 0 Å². The van der Waals surface area contributed by atoms with Crippen LogP contribution in [0.4, 0.5) is 0 Å². The van der Waals surface area contributed by atoms with Crippen molar-refractivity contribution in [2.75, 3.05) is 6.61 Å². The summed E-state index contributed by atoms with van der Waals surface area (Å²) in [6.45, 7) is -1.27. The summed E-state index contributed by atoms with van der Waals surface area (Å²) in [5.41, 5.74) is -2.79. The molecule has 5 N–H and O–H groups in total. The Morgan fingerprint density at radius 1 is 1.31 bits per heavy atom. The molecule has 0 heterocycles. The summed E-state index contributed by atoms with van der Waals surface area (Å²) in [6, 6.07) is 0. The Balaban J connectivity index is 4.71. The smallest absolute Gasteiger partial charge is 0.386 e. The lowest BCUT2D eigenvalue weighted by Crippen LogP contribution is -2.53. The van der Waals surface area contributed by atoms with E-state index in [-0.39, 0.29) is 12.6 Å². The average molecular weight is 258 g/mol. The molecule has 0 fully saturated rings. The summed E-state index contributed by atoms with van der Waals surface area (Å²) in [5, 5.41) is 27.3. The molecule has 0 aliphatic carbocycles. The minimum atomic E-state index is -4.95. The quantitative estimate of drug-likeness (QED) is 0.236. The van der Waals surface area contributed by atoms with Crippen molar-refractivity contribution in [3.63, 3.8) is 0 Å². The van der Waals surface area contributed by atoms with E-state index in [0.29, 0.717) is 0 Å². The van der Waals surface area contributed by atoms with Crippen LogP contribution in [0.2, 0.25) is 0 Å². The molecule has 0 rings (SSSR count). The molecule has 0 saturated heterocycles. The molecule has 0 aliphatic rings. The Labute approximate surface area is 89.5 Å². The van der Waals surface area contributed by atoms with Crippen LogP contribution >= 0.6 is 7.82 Å². The largest absolute Gasteiger partial charge is 0.469 e. The molecule has 0 saturated carbocycles. The Hall–Kier alpha value is -0.670. The highest BCUT2D eigenvalue weighted by Crippen LogP contribution is 2.37. The van der Waals surface area contributed by atoms with E-state index in [9.17, 15) is 19.3 Å². The first-order chi connectivity index (χ1) is 7.16. The Morgan fingerprint density at radius 3 is 2.12 bits per heavy atom. The third kappa shape index (κ3) is 4.45. The van der Waals surface area contributed by atoms with Gasteiger partial charge in [-0.3, -0.25) is 9.32 Å². The molecule has 0 radical (unpaired) electrons. The van der Waals surface area contributed by atoms with Crippen LogP contribution in [0.3, 0.4) is 0 Å². The maximum absolute atomic E-state index is 10.4. The Bertz CT molecular complexity index is 298. The Morgan fingerprint density at radius 2 is 1.81 bits per heavy atom. The fraction of sp³-hybridized carbons (Fsp3) is 0.667. The molecular weight excluding hydrogens is 247 g/mol. The van der Waals surface area contributed by atoms with Crippen LogP contribution in [0.25, 0.3) is 0 Å². The zero-order chi connectivity index (χ0) is 13.0. The van der Waals surface area contributed by atoms with E-state index in [1.54, 1.807) is 0 Å². The van der Waals surface area contributed by atoms with Crippen LogP contribution < -0.4 is 0 Å². The van der Waals surface area contributed by atoms with Gasteiger partial charge in [-0.1, -0.05) is 0 Å². The molecule has 0 aromatic carbocycles. The number of carbonyl (C=O) groups is 2. The lowest BCUT2D eigenvalue weighted by atomic mass is 9.96. The second kappa shape index (κ2) is 5.60. The molecule has 9 nitrogen and oxygen atoms in total. The summed E-state index contributed by atoms with van der Waals surface area (Å²) in [5.74, 6) is 0. The average Bonchev–Trinajstić information content (AvgIpc) is 2.22. The van der Waals surface area contributed by atoms with Gasteiger partial charge >= 0.3 is 7.82 Å². The summed E-state index contributed by atoms with van der Waals surface area (Å²) >= 11 is 0. The predicted molar refractivity (Wildman–Crippen MR) is 47.1 cm³/mol. The molecule has 0 spiro atoms. The monoisotopic (exact) mass is 258 g/mol. The number of hydrogen-bond donors (Lipinski definition) is 5. The molecule has 10 heteroatoms. The summed E-state index contributed by atoms with van der Waals surface area (Å²) in [6.07, 6.45) is -4.79. The number of phosphoric ester groups is 1. The van der Waals surface area contributed by atoms with E-state index in [1.165, 1.54) is 0 Å².